The van der Waals surface area contributed by atoms with Gasteiger partial charge in [-0.05, 0) is 57.8 Å². The topological polar surface area (TPSA) is 158 Å². The molecule has 0 aliphatic heterocycles. The molecule has 0 bridgehead atoms. The Morgan fingerprint density at radius 1 is 1.17 bits per heavy atom. The van der Waals surface area contributed by atoms with Gasteiger partial charge in [0.2, 0.25) is 0 Å². The Morgan fingerprint density at radius 2 is 1.78 bits per heavy atom. The Hall–Kier alpha value is -2.52. The van der Waals surface area contributed by atoms with Gasteiger partial charge < -0.3 is 25.2 Å². The summed E-state index contributed by atoms with van der Waals surface area (Å²) in [6.07, 6.45) is 3.21. The fourth-order valence-corrected chi connectivity index (χ4v) is 7.19. The molecule has 2 saturated carbocycles. The number of ketones is 2. The molecule has 9 nitrogen and oxygen atoms in total. The number of aliphatic hydroxyl groups is 3. The van der Waals surface area contributed by atoms with Crippen LogP contribution < -0.4 is 0 Å². The number of hydrogen-bond acceptors (Lipinski definition) is 8. The third-order valence-corrected chi connectivity index (χ3v) is 8.25. The van der Waals surface area contributed by atoms with Crippen molar-refractivity contribution >= 4 is 23.5 Å². The zero-order chi connectivity index (χ0) is 27.6. The molecule has 0 amide bonds. The number of rotatable bonds is 9. The molecule has 0 heterocycles. The average Bonchev–Trinajstić information content (AvgIpc) is 2.72. The molecule has 0 aromatic heterocycles. The van der Waals surface area contributed by atoms with Gasteiger partial charge in [0.1, 0.15) is 5.60 Å². The van der Waals surface area contributed by atoms with Crippen molar-refractivity contribution in [3.05, 3.63) is 24.0 Å². The Morgan fingerprint density at radius 3 is 2.31 bits per heavy atom. The third kappa shape index (κ3) is 5.72. The highest BCUT2D eigenvalue weighted by Gasteiger charge is 2.68. The first-order chi connectivity index (χ1) is 16.5. The van der Waals surface area contributed by atoms with Crippen molar-refractivity contribution in [3.8, 4) is 0 Å². The molecule has 36 heavy (non-hydrogen) atoms. The second kappa shape index (κ2) is 10.8. The summed E-state index contributed by atoms with van der Waals surface area (Å²) < 4.78 is 5.44. The van der Waals surface area contributed by atoms with E-state index in [4.69, 9.17) is 9.84 Å². The number of fused-ring (bicyclic) bond motifs is 1. The second-order valence-electron chi connectivity index (χ2n) is 11.3. The molecule has 202 valence electrons. The quantitative estimate of drug-likeness (QED) is 0.209. The lowest BCUT2D eigenvalue weighted by molar-refractivity contribution is -0.206. The summed E-state index contributed by atoms with van der Waals surface area (Å²) in [6, 6.07) is 0. The maximum Gasteiger partial charge on any atom is 0.328 e. The van der Waals surface area contributed by atoms with Crippen molar-refractivity contribution < 1.29 is 44.3 Å². The number of carboxylic acids is 1. The lowest BCUT2D eigenvalue weighted by Crippen LogP contribution is -2.69. The Balaban J connectivity index is 2.51. The summed E-state index contributed by atoms with van der Waals surface area (Å²) in [5.74, 6) is -5.78. The molecule has 4 N–H and O–H groups in total. The van der Waals surface area contributed by atoms with Crippen molar-refractivity contribution in [1.29, 1.82) is 0 Å². The largest absolute Gasteiger partial charge is 0.515 e. The standard InChI is InChI=1S/C27H40O9/c1-7-17(14-36-21(32)11-15(2)10-20(30)31)23-26(5,19(29)8-9-28)22-16(3)12-25(4,34)13-18(22)24(33)27(23,6)35/h8-10,16-18,22-23,28,34-35H,7,11-14H2,1-6H3,(H,30,31)/b9-8-,15-10+/t16-,17+,18?,22+,23-,25-,26-,27+/m1/s1. The van der Waals surface area contributed by atoms with Gasteiger partial charge >= 0.3 is 11.9 Å². The minimum absolute atomic E-state index is 0.108. The smallest absolute Gasteiger partial charge is 0.328 e. The number of aliphatic carboxylic acids is 1. The summed E-state index contributed by atoms with van der Waals surface area (Å²) in [4.78, 5) is 50.5. The van der Waals surface area contributed by atoms with E-state index in [1.807, 2.05) is 13.8 Å². The first-order valence-corrected chi connectivity index (χ1v) is 12.4. The molecule has 2 aliphatic rings. The van der Waals surface area contributed by atoms with E-state index in [1.165, 1.54) is 13.8 Å². The van der Waals surface area contributed by atoms with Crippen molar-refractivity contribution in [1.82, 2.24) is 0 Å². The molecular weight excluding hydrogens is 468 g/mol. The van der Waals surface area contributed by atoms with E-state index in [9.17, 15) is 34.5 Å². The van der Waals surface area contributed by atoms with Gasteiger partial charge in [0.25, 0.3) is 0 Å². The summed E-state index contributed by atoms with van der Waals surface area (Å²) in [5, 5.41) is 40.8. The number of Topliss-reactive ketones (excluding diaryl/α,β-unsaturated/α-hetero) is 1. The van der Waals surface area contributed by atoms with Gasteiger partial charge in [-0.3, -0.25) is 14.4 Å². The normalized spacial score (nSPS) is 37.9. The van der Waals surface area contributed by atoms with E-state index >= 15 is 0 Å². The first kappa shape index (κ1) is 29.7. The van der Waals surface area contributed by atoms with Crippen LogP contribution in [0, 0.1) is 35.0 Å². The van der Waals surface area contributed by atoms with Crippen LogP contribution in [0.4, 0.5) is 0 Å². The zero-order valence-electron chi connectivity index (χ0n) is 22.0. The lowest BCUT2D eigenvalue weighted by atomic mass is 9.42. The van der Waals surface area contributed by atoms with Gasteiger partial charge in [-0.1, -0.05) is 26.3 Å². The number of carbonyl (C=O) groups excluding carboxylic acids is 3. The predicted molar refractivity (Wildman–Crippen MR) is 131 cm³/mol. The molecule has 0 saturated heterocycles. The van der Waals surface area contributed by atoms with Crippen LogP contribution in [0.1, 0.15) is 67.2 Å². The zero-order valence-corrected chi connectivity index (χ0v) is 22.0. The molecule has 2 rings (SSSR count). The lowest BCUT2D eigenvalue weighted by Gasteiger charge is -2.61. The maximum absolute atomic E-state index is 13.7. The van der Waals surface area contributed by atoms with Crippen molar-refractivity contribution in [3.63, 3.8) is 0 Å². The number of allylic oxidation sites excluding steroid dienone is 1. The monoisotopic (exact) mass is 508 g/mol. The van der Waals surface area contributed by atoms with Gasteiger partial charge in [-0.2, -0.15) is 0 Å². The van der Waals surface area contributed by atoms with Gasteiger partial charge in [-0.15, -0.1) is 0 Å². The first-order valence-electron chi connectivity index (χ1n) is 12.4. The van der Waals surface area contributed by atoms with Crippen LogP contribution in [0.5, 0.6) is 0 Å². The van der Waals surface area contributed by atoms with E-state index in [0.29, 0.717) is 24.7 Å². The fourth-order valence-electron chi connectivity index (χ4n) is 7.19. The van der Waals surface area contributed by atoms with Crippen LogP contribution in [-0.2, 0) is 23.9 Å². The SMILES string of the molecule is CC[C@@H](COC(=O)C/C(C)=C/C(=O)O)[C@@H]1[C@](C)(C(=O)/C=C\O)[C@@H]2C(C[C@](C)(O)C[C@H]2C)C(=O)[C@@]1(C)O. The van der Waals surface area contributed by atoms with Gasteiger partial charge in [-0.25, -0.2) is 4.79 Å². The highest BCUT2D eigenvalue weighted by molar-refractivity contribution is 6.00. The van der Waals surface area contributed by atoms with Crippen LogP contribution in [0.3, 0.4) is 0 Å². The van der Waals surface area contributed by atoms with E-state index in [0.717, 1.165) is 12.2 Å². The van der Waals surface area contributed by atoms with Crippen molar-refractivity contribution in [2.24, 2.45) is 35.0 Å². The van der Waals surface area contributed by atoms with Gasteiger partial charge in [0, 0.05) is 29.4 Å². The minimum atomic E-state index is -1.96. The van der Waals surface area contributed by atoms with Crippen LogP contribution in [0.15, 0.2) is 24.0 Å². The summed E-state index contributed by atoms with van der Waals surface area (Å²) in [7, 11) is 0. The van der Waals surface area contributed by atoms with E-state index in [2.05, 4.69) is 0 Å². The number of aliphatic hydroxyl groups excluding tert-OH is 1. The van der Waals surface area contributed by atoms with Crippen LogP contribution in [0.25, 0.3) is 0 Å². The Labute approximate surface area is 212 Å². The number of esters is 1. The van der Waals surface area contributed by atoms with E-state index in [-0.39, 0.29) is 25.4 Å². The summed E-state index contributed by atoms with van der Waals surface area (Å²) >= 11 is 0. The summed E-state index contributed by atoms with van der Waals surface area (Å²) in [5.41, 5.74) is -4.09. The minimum Gasteiger partial charge on any atom is -0.515 e. The molecule has 2 fully saturated rings. The number of carbonyl (C=O) groups is 4. The predicted octanol–water partition coefficient (Wildman–Crippen LogP) is 2.99. The van der Waals surface area contributed by atoms with Crippen molar-refractivity contribution in [2.45, 2.75) is 78.4 Å². The molecule has 9 heteroatoms. The number of carboxylic acid groups (broad SMARTS) is 1. The fraction of sp³-hybridized carbons (Fsp3) is 0.704. The van der Waals surface area contributed by atoms with E-state index in [1.54, 1.807) is 13.8 Å². The molecule has 2 aliphatic carbocycles. The van der Waals surface area contributed by atoms with Crippen molar-refractivity contribution in [2.75, 3.05) is 6.61 Å². The molecule has 8 atom stereocenters. The van der Waals surface area contributed by atoms with Gasteiger partial charge in [0.15, 0.2) is 11.6 Å². The second-order valence-corrected chi connectivity index (χ2v) is 11.3. The average molecular weight is 509 g/mol. The number of hydrogen-bond donors (Lipinski definition) is 4. The Bertz CT molecular complexity index is 945. The summed E-state index contributed by atoms with van der Waals surface area (Å²) in [6.45, 7) is 9.72. The van der Waals surface area contributed by atoms with E-state index < -0.39 is 63.8 Å². The number of ether oxygens (including phenoxy) is 1. The maximum atomic E-state index is 13.7. The molecule has 0 spiro atoms. The third-order valence-electron chi connectivity index (χ3n) is 8.25. The Kier molecular flexibility index (Phi) is 8.95. The highest BCUT2D eigenvalue weighted by atomic mass is 16.5. The van der Waals surface area contributed by atoms with Crippen LogP contribution in [0.2, 0.25) is 0 Å². The van der Waals surface area contributed by atoms with Gasteiger partial charge in [0.05, 0.1) is 24.9 Å². The van der Waals surface area contributed by atoms with Crippen LogP contribution in [-0.4, -0.2) is 61.7 Å². The molecule has 0 aromatic rings. The molecule has 0 radical (unpaired) electrons. The van der Waals surface area contributed by atoms with Crippen LogP contribution >= 0.6 is 0 Å². The molecular formula is C27H40O9. The molecule has 1 unspecified atom stereocenters. The molecule has 0 aromatic carbocycles. The highest BCUT2D eigenvalue weighted by Crippen LogP contribution is 2.61.